The summed E-state index contributed by atoms with van der Waals surface area (Å²) in [4.78, 5) is 32.7. The third-order valence-electron chi connectivity index (χ3n) is 3.51. The number of carbonyl (C=O) groups is 2. The highest BCUT2D eigenvalue weighted by Crippen LogP contribution is 2.36. The number of nitrogens with zero attached hydrogens (tertiary/aromatic N) is 1. The first-order valence-corrected chi connectivity index (χ1v) is 7.55. The number of hydrogen-bond acceptors (Lipinski definition) is 6. The van der Waals surface area contributed by atoms with Crippen LogP contribution in [0.25, 0.3) is 6.08 Å². The minimum atomic E-state index is -1.72. The van der Waals surface area contributed by atoms with Crippen LogP contribution in [0.4, 0.5) is 5.69 Å². The Morgan fingerprint density at radius 3 is 2.26 bits per heavy atom. The Hall–Kier alpha value is -3.88. The zero-order valence-electron chi connectivity index (χ0n) is 14.1. The number of ether oxygens (including phenoxy) is 2. The molecular formula is C18H15NO8. The Morgan fingerprint density at radius 2 is 1.74 bits per heavy atom. The van der Waals surface area contributed by atoms with Crippen LogP contribution in [0.15, 0.2) is 48.0 Å². The van der Waals surface area contributed by atoms with Gasteiger partial charge in [-0.2, -0.15) is 0 Å². The van der Waals surface area contributed by atoms with Crippen molar-refractivity contribution in [3.63, 3.8) is 0 Å². The molecule has 9 heteroatoms. The molecule has 0 spiro atoms. The van der Waals surface area contributed by atoms with E-state index in [4.69, 9.17) is 19.7 Å². The summed E-state index contributed by atoms with van der Waals surface area (Å²) < 4.78 is 10.7. The van der Waals surface area contributed by atoms with Crippen LogP contribution in [0.3, 0.4) is 0 Å². The third-order valence-corrected chi connectivity index (χ3v) is 3.51. The standard InChI is InChI=1S/C18H15NO8/c1-26-15-8-12(7-13(17(20)21)18(22)23)14(19(24)25)9-16(15)27-10-11-5-3-2-4-6-11/h2-9H,10H2,1H3,(H,20,21)(H,22,23). The number of hydrogen-bond donors (Lipinski definition) is 2. The fraction of sp³-hybridized carbons (Fsp3) is 0.111. The van der Waals surface area contributed by atoms with Crippen molar-refractivity contribution in [1.82, 2.24) is 0 Å². The Morgan fingerprint density at radius 1 is 1.11 bits per heavy atom. The molecule has 0 aliphatic heterocycles. The molecule has 2 aromatic rings. The van der Waals surface area contributed by atoms with E-state index in [9.17, 15) is 19.7 Å². The Labute approximate surface area is 153 Å². The number of aliphatic carboxylic acids is 2. The maximum Gasteiger partial charge on any atom is 0.343 e. The summed E-state index contributed by atoms with van der Waals surface area (Å²) in [5.74, 6) is -3.28. The minimum absolute atomic E-state index is 0.0670. The van der Waals surface area contributed by atoms with Gasteiger partial charge in [-0.25, -0.2) is 9.59 Å². The number of benzene rings is 2. The van der Waals surface area contributed by atoms with Crippen molar-refractivity contribution in [2.24, 2.45) is 0 Å². The molecule has 0 saturated carbocycles. The fourth-order valence-electron chi connectivity index (χ4n) is 2.22. The van der Waals surface area contributed by atoms with E-state index >= 15 is 0 Å². The lowest BCUT2D eigenvalue weighted by Crippen LogP contribution is -2.11. The highest BCUT2D eigenvalue weighted by atomic mass is 16.6. The summed E-state index contributed by atoms with van der Waals surface area (Å²) in [6, 6.07) is 11.3. The number of carboxylic acids is 2. The second kappa shape index (κ2) is 8.48. The van der Waals surface area contributed by atoms with E-state index in [0.29, 0.717) is 6.08 Å². The van der Waals surface area contributed by atoms with Gasteiger partial charge in [-0.1, -0.05) is 30.3 Å². The van der Waals surface area contributed by atoms with Crippen LogP contribution < -0.4 is 9.47 Å². The van der Waals surface area contributed by atoms with Gasteiger partial charge in [-0.3, -0.25) is 10.1 Å². The van der Waals surface area contributed by atoms with Crippen molar-refractivity contribution >= 4 is 23.7 Å². The highest BCUT2D eigenvalue weighted by molar-refractivity contribution is 6.16. The molecule has 9 nitrogen and oxygen atoms in total. The lowest BCUT2D eigenvalue weighted by Gasteiger charge is -2.12. The van der Waals surface area contributed by atoms with E-state index in [1.807, 2.05) is 30.3 Å². The molecule has 2 aromatic carbocycles. The predicted octanol–water partition coefficient (Wildman–Crippen LogP) is 2.74. The molecule has 0 unspecified atom stereocenters. The molecule has 140 valence electrons. The molecule has 2 rings (SSSR count). The first-order chi connectivity index (χ1) is 12.8. The van der Waals surface area contributed by atoms with Gasteiger partial charge in [0.05, 0.1) is 23.7 Å². The number of carboxylic acid groups (broad SMARTS) is 2. The molecule has 0 radical (unpaired) electrons. The quantitative estimate of drug-likeness (QED) is 0.237. The Balaban J connectivity index is 2.48. The van der Waals surface area contributed by atoms with Gasteiger partial charge in [0.15, 0.2) is 11.5 Å². The van der Waals surface area contributed by atoms with Gasteiger partial charge in [-0.15, -0.1) is 0 Å². The van der Waals surface area contributed by atoms with Crippen molar-refractivity contribution in [3.05, 3.63) is 69.3 Å². The van der Waals surface area contributed by atoms with Crippen LogP contribution >= 0.6 is 0 Å². The van der Waals surface area contributed by atoms with E-state index in [2.05, 4.69) is 0 Å². The van der Waals surface area contributed by atoms with Crippen molar-refractivity contribution < 1.29 is 34.2 Å². The molecule has 0 aliphatic carbocycles. The van der Waals surface area contributed by atoms with Crippen molar-refractivity contribution in [2.45, 2.75) is 6.61 Å². The lowest BCUT2D eigenvalue weighted by atomic mass is 10.1. The predicted molar refractivity (Wildman–Crippen MR) is 93.7 cm³/mol. The van der Waals surface area contributed by atoms with Gasteiger partial charge in [0, 0.05) is 0 Å². The van der Waals surface area contributed by atoms with Gasteiger partial charge in [0.25, 0.3) is 5.69 Å². The van der Waals surface area contributed by atoms with Gasteiger partial charge < -0.3 is 19.7 Å². The molecule has 0 saturated heterocycles. The topological polar surface area (TPSA) is 136 Å². The van der Waals surface area contributed by atoms with E-state index < -0.39 is 28.1 Å². The molecule has 0 bridgehead atoms. The average Bonchev–Trinajstić information content (AvgIpc) is 2.64. The van der Waals surface area contributed by atoms with E-state index in [1.165, 1.54) is 7.11 Å². The van der Waals surface area contributed by atoms with Crippen molar-refractivity contribution in [1.29, 1.82) is 0 Å². The van der Waals surface area contributed by atoms with E-state index in [0.717, 1.165) is 17.7 Å². The molecule has 0 fully saturated rings. The summed E-state index contributed by atoms with van der Waals surface area (Å²) in [5, 5.41) is 29.3. The zero-order valence-corrected chi connectivity index (χ0v) is 14.1. The molecule has 0 aromatic heterocycles. The first-order valence-electron chi connectivity index (χ1n) is 7.55. The first kappa shape index (κ1) is 19.4. The highest BCUT2D eigenvalue weighted by Gasteiger charge is 2.23. The van der Waals surface area contributed by atoms with Gasteiger partial charge in [0.2, 0.25) is 0 Å². The van der Waals surface area contributed by atoms with E-state index in [1.54, 1.807) is 0 Å². The molecule has 2 N–H and O–H groups in total. The van der Waals surface area contributed by atoms with Crippen molar-refractivity contribution in [3.8, 4) is 11.5 Å². The second-order valence-corrected chi connectivity index (χ2v) is 5.26. The summed E-state index contributed by atoms with van der Waals surface area (Å²) in [6.45, 7) is 0.124. The third kappa shape index (κ3) is 4.82. The SMILES string of the molecule is COc1cc(C=C(C(=O)O)C(=O)O)c([N+](=O)[O-])cc1OCc1ccccc1. The summed E-state index contributed by atoms with van der Waals surface area (Å²) in [7, 11) is 1.30. The van der Waals surface area contributed by atoms with Crippen LogP contribution in [0, 0.1) is 10.1 Å². The van der Waals surface area contributed by atoms with Gasteiger partial charge in [0.1, 0.15) is 12.2 Å². The molecule has 0 amide bonds. The second-order valence-electron chi connectivity index (χ2n) is 5.26. The van der Waals surface area contributed by atoms with E-state index in [-0.39, 0.29) is 23.7 Å². The minimum Gasteiger partial charge on any atom is -0.493 e. The lowest BCUT2D eigenvalue weighted by molar-refractivity contribution is -0.385. The van der Waals surface area contributed by atoms with Crippen LogP contribution in [-0.2, 0) is 16.2 Å². The molecule has 0 heterocycles. The van der Waals surface area contributed by atoms with Crippen LogP contribution in [0.2, 0.25) is 0 Å². The molecule has 27 heavy (non-hydrogen) atoms. The Bertz CT molecular complexity index is 889. The van der Waals surface area contributed by atoms with Gasteiger partial charge >= 0.3 is 11.9 Å². The maximum absolute atomic E-state index is 11.4. The molecule has 0 aliphatic rings. The molecule has 0 atom stereocenters. The number of methoxy groups -OCH3 is 1. The van der Waals surface area contributed by atoms with Crippen LogP contribution in [0.1, 0.15) is 11.1 Å². The van der Waals surface area contributed by atoms with Crippen molar-refractivity contribution in [2.75, 3.05) is 7.11 Å². The monoisotopic (exact) mass is 373 g/mol. The number of nitro benzene ring substituents is 1. The summed E-state index contributed by atoms with van der Waals surface area (Å²) in [5.41, 5.74) is -0.939. The normalized spacial score (nSPS) is 9.96. The number of nitro groups is 1. The zero-order chi connectivity index (χ0) is 20.0. The average molecular weight is 373 g/mol. The molecular weight excluding hydrogens is 358 g/mol. The van der Waals surface area contributed by atoms with Crippen LogP contribution in [0.5, 0.6) is 11.5 Å². The van der Waals surface area contributed by atoms with Gasteiger partial charge in [-0.05, 0) is 17.7 Å². The number of rotatable bonds is 8. The largest absolute Gasteiger partial charge is 0.493 e. The fourth-order valence-corrected chi connectivity index (χ4v) is 2.22. The smallest absolute Gasteiger partial charge is 0.343 e. The Kier molecular flexibility index (Phi) is 6.10. The summed E-state index contributed by atoms with van der Waals surface area (Å²) >= 11 is 0. The summed E-state index contributed by atoms with van der Waals surface area (Å²) in [6.07, 6.45) is 0.701. The maximum atomic E-state index is 11.4. The van der Waals surface area contributed by atoms with Crippen LogP contribution in [-0.4, -0.2) is 34.2 Å².